The van der Waals surface area contributed by atoms with E-state index in [1.54, 1.807) is 24.3 Å². The Morgan fingerprint density at radius 2 is 1.67 bits per heavy atom. The summed E-state index contributed by atoms with van der Waals surface area (Å²) in [7, 11) is 0. The Kier molecular flexibility index (Phi) is 6.04. The van der Waals surface area contributed by atoms with Crippen LogP contribution in [0.2, 0.25) is 0 Å². The van der Waals surface area contributed by atoms with Crippen LogP contribution in [-0.4, -0.2) is 23.9 Å². The molecule has 1 heterocycles. The van der Waals surface area contributed by atoms with Crippen LogP contribution in [0.15, 0.2) is 63.8 Å². The third-order valence-electron chi connectivity index (χ3n) is 4.64. The Bertz CT molecular complexity index is 973. The summed E-state index contributed by atoms with van der Waals surface area (Å²) in [6.07, 6.45) is 0. The van der Waals surface area contributed by atoms with Gasteiger partial charge in [-0.05, 0) is 36.3 Å². The minimum absolute atomic E-state index is 0.0249. The van der Waals surface area contributed by atoms with Gasteiger partial charge in [0.15, 0.2) is 11.2 Å². The maximum absolute atomic E-state index is 12.4. The van der Waals surface area contributed by atoms with Crippen LogP contribution in [0.3, 0.4) is 0 Å². The number of carbonyl (C=O) groups excluding carboxylic acids is 1. The molecule has 140 valence electrons. The predicted molar refractivity (Wildman–Crippen MR) is 107 cm³/mol. The zero-order valence-electron chi connectivity index (χ0n) is 15.7. The van der Waals surface area contributed by atoms with Crippen LogP contribution in [0.5, 0.6) is 0 Å². The molecule has 0 saturated carbocycles. The quantitative estimate of drug-likeness (QED) is 0.696. The van der Waals surface area contributed by atoms with Crippen LogP contribution in [0.4, 0.5) is 0 Å². The molecule has 0 bridgehead atoms. The van der Waals surface area contributed by atoms with Crippen molar-refractivity contribution in [2.45, 2.75) is 26.9 Å². The number of hydrogen-bond donors (Lipinski definition) is 1. The van der Waals surface area contributed by atoms with Gasteiger partial charge in [0.05, 0.1) is 5.39 Å². The van der Waals surface area contributed by atoms with Crippen LogP contribution in [0.25, 0.3) is 11.0 Å². The summed E-state index contributed by atoms with van der Waals surface area (Å²) < 4.78 is 5.56. The minimum atomic E-state index is -0.398. The van der Waals surface area contributed by atoms with E-state index in [-0.39, 0.29) is 11.2 Å². The summed E-state index contributed by atoms with van der Waals surface area (Å²) in [5.74, 6) is -0.373. The Morgan fingerprint density at radius 1 is 1.00 bits per heavy atom. The first kappa shape index (κ1) is 18.9. The lowest BCUT2D eigenvalue weighted by atomic mass is 10.1. The number of benzene rings is 2. The van der Waals surface area contributed by atoms with Gasteiger partial charge in [-0.3, -0.25) is 14.5 Å². The summed E-state index contributed by atoms with van der Waals surface area (Å²) in [5, 5.41) is 3.28. The van der Waals surface area contributed by atoms with Gasteiger partial charge in [0.25, 0.3) is 5.91 Å². The first-order valence-electron chi connectivity index (χ1n) is 9.22. The molecule has 5 heteroatoms. The van der Waals surface area contributed by atoms with Gasteiger partial charge in [-0.1, -0.05) is 50.2 Å². The molecule has 0 saturated heterocycles. The molecule has 0 atom stereocenters. The van der Waals surface area contributed by atoms with Crippen LogP contribution in [-0.2, 0) is 13.1 Å². The van der Waals surface area contributed by atoms with Gasteiger partial charge in [0.2, 0.25) is 0 Å². The second-order valence-electron chi connectivity index (χ2n) is 6.43. The standard InChI is InChI=1S/C22H24N2O3/c1-3-24(4-2)15-17-11-9-16(10-12-17)14-23-22(26)21-13-19(25)18-7-5-6-8-20(18)27-21/h5-13H,3-4,14-15H2,1-2H3,(H,23,26). The van der Waals surface area contributed by atoms with Crippen LogP contribution >= 0.6 is 0 Å². The molecular weight excluding hydrogens is 340 g/mol. The monoisotopic (exact) mass is 364 g/mol. The number of nitrogens with one attached hydrogen (secondary N) is 1. The maximum atomic E-state index is 12.4. The van der Waals surface area contributed by atoms with Crippen molar-refractivity contribution in [3.05, 3.63) is 81.7 Å². The lowest BCUT2D eigenvalue weighted by Crippen LogP contribution is -2.24. The SMILES string of the molecule is CCN(CC)Cc1ccc(CNC(=O)c2cc(=O)c3ccccc3o2)cc1. The third-order valence-corrected chi connectivity index (χ3v) is 4.64. The molecule has 3 rings (SSSR count). The Balaban J connectivity index is 1.64. The van der Waals surface area contributed by atoms with Gasteiger partial charge in [0, 0.05) is 19.2 Å². The van der Waals surface area contributed by atoms with E-state index in [0.29, 0.717) is 17.5 Å². The average Bonchev–Trinajstić information content (AvgIpc) is 2.71. The van der Waals surface area contributed by atoms with E-state index < -0.39 is 5.91 Å². The van der Waals surface area contributed by atoms with Crippen molar-refractivity contribution in [3.8, 4) is 0 Å². The number of fused-ring (bicyclic) bond motifs is 1. The highest BCUT2D eigenvalue weighted by Gasteiger charge is 2.12. The fourth-order valence-electron chi connectivity index (χ4n) is 2.95. The number of para-hydroxylation sites is 1. The number of amides is 1. The number of nitrogens with zero attached hydrogens (tertiary/aromatic N) is 1. The molecule has 2 aromatic carbocycles. The van der Waals surface area contributed by atoms with Gasteiger partial charge >= 0.3 is 0 Å². The molecule has 0 aliphatic carbocycles. The number of carbonyl (C=O) groups is 1. The summed E-state index contributed by atoms with van der Waals surface area (Å²) in [6, 6.07) is 16.3. The molecular formula is C22H24N2O3. The fraction of sp³-hybridized carbons (Fsp3) is 0.273. The Labute approximate surface area is 158 Å². The van der Waals surface area contributed by atoms with Crippen molar-refractivity contribution in [1.29, 1.82) is 0 Å². The van der Waals surface area contributed by atoms with E-state index in [9.17, 15) is 9.59 Å². The Morgan fingerprint density at radius 3 is 2.37 bits per heavy atom. The predicted octanol–water partition coefficient (Wildman–Crippen LogP) is 3.56. The molecule has 0 unspecified atom stereocenters. The lowest BCUT2D eigenvalue weighted by Gasteiger charge is -2.18. The van der Waals surface area contributed by atoms with Crippen LogP contribution < -0.4 is 10.7 Å². The molecule has 5 nitrogen and oxygen atoms in total. The molecule has 1 aromatic heterocycles. The zero-order chi connectivity index (χ0) is 19.2. The van der Waals surface area contributed by atoms with Crippen molar-refractivity contribution >= 4 is 16.9 Å². The molecule has 3 aromatic rings. The summed E-state index contributed by atoms with van der Waals surface area (Å²) in [6.45, 7) is 7.64. The van der Waals surface area contributed by atoms with Crippen molar-refractivity contribution < 1.29 is 9.21 Å². The summed E-state index contributed by atoms with van der Waals surface area (Å²) in [4.78, 5) is 26.8. The van der Waals surface area contributed by atoms with Crippen molar-refractivity contribution in [3.63, 3.8) is 0 Å². The highest BCUT2D eigenvalue weighted by molar-refractivity contribution is 5.93. The van der Waals surface area contributed by atoms with Gasteiger partial charge < -0.3 is 9.73 Å². The molecule has 0 aliphatic rings. The van der Waals surface area contributed by atoms with Gasteiger partial charge in [-0.25, -0.2) is 0 Å². The van der Waals surface area contributed by atoms with Gasteiger partial charge in [-0.15, -0.1) is 0 Å². The zero-order valence-corrected chi connectivity index (χ0v) is 15.7. The normalized spacial score (nSPS) is 11.1. The molecule has 0 fully saturated rings. The smallest absolute Gasteiger partial charge is 0.287 e. The highest BCUT2D eigenvalue weighted by Crippen LogP contribution is 2.12. The van der Waals surface area contributed by atoms with E-state index >= 15 is 0 Å². The first-order chi connectivity index (χ1) is 13.1. The molecule has 0 aliphatic heterocycles. The van der Waals surface area contributed by atoms with E-state index in [1.807, 2.05) is 12.1 Å². The average molecular weight is 364 g/mol. The highest BCUT2D eigenvalue weighted by atomic mass is 16.3. The van der Waals surface area contributed by atoms with Crippen LogP contribution in [0, 0.1) is 0 Å². The van der Waals surface area contributed by atoms with Crippen molar-refractivity contribution in [2.24, 2.45) is 0 Å². The molecule has 0 radical (unpaired) electrons. The second-order valence-corrected chi connectivity index (χ2v) is 6.43. The molecule has 1 amide bonds. The largest absolute Gasteiger partial charge is 0.451 e. The molecule has 27 heavy (non-hydrogen) atoms. The van der Waals surface area contributed by atoms with Gasteiger partial charge in [0.1, 0.15) is 5.58 Å². The molecule has 0 spiro atoms. The van der Waals surface area contributed by atoms with Crippen molar-refractivity contribution in [2.75, 3.05) is 13.1 Å². The maximum Gasteiger partial charge on any atom is 0.287 e. The lowest BCUT2D eigenvalue weighted by molar-refractivity contribution is 0.0923. The third kappa shape index (κ3) is 4.63. The summed E-state index contributed by atoms with van der Waals surface area (Å²) >= 11 is 0. The van der Waals surface area contributed by atoms with E-state index in [1.165, 1.54) is 11.6 Å². The molecule has 1 N–H and O–H groups in total. The fourth-order valence-corrected chi connectivity index (χ4v) is 2.95. The topological polar surface area (TPSA) is 62.6 Å². The number of rotatable bonds is 7. The van der Waals surface area contributed by atoms with E-state index in [2.05, 4.69) is 36.2 Å². The van der Waals surface area contributed by atoms with Crippen molar-refractivity contribution in [1.82, 2.24) is 10.2 Å². The first-order valence-corrected chi connectivity index (χ1v) is 9.22. The van der Waals surface area contributed by atoms with E-state index in [0.717, 1.165) is 25.2 Å². The van der Waals surface area contributed by atoms with E-state index in [4.69, 9.17) is 4.42 Å². The summed E-state index contributed by atoms with van der Waals surface area (Å²) in [5.41, 5.74) is 2.43. The minimum Gasteiger partial charge on any atom is -0.451 e. The number of hydrogen-bond acceptors (Lipinski definition) is 4. The van der Waals surface area contributed by atoms with Gasteiger partial charge in [-0.2, -0.15) is 0 Å². The Hall–Kier alpha value is -2.92. The second kappa shape index (κ2) is 8.64. The van der Waals surface area contributed by atoms with Crippen LogP contribution in [0.1, 0.15) is 35.5 Å².